The number of rotatable bonds is 5. The van der Waals surface area contributed by atoms with Gasteiger partial charge in [-0.05, 0) is 12.5 Å². The Bertz CT molecular complexity index is 974. The monoisotopic (exact) mass is 363 g/mol. The lowest BCUT2D eigenvalue weighted by Gasteiger charge is -2.15. The molecule has 0 saturated heterocycles. The second-order valence-electron chi connectivity index (χ2n) is 5.91. The van der Waals surface area contributed by atoms with Crippen molar-refractivity contribution in [3.8, 4) is 0 Å². The lowest BCUT2D eigenvalue weighted by Crippen LogP contribution is -2.41. The molecule has 0 aliphatic rings. The number of nitrogens with zero attached hydrogens (tertiary/aromatic N) is 4. The maximum absolute atomic E-state index is 12.6. The minimum atomic E-state index is -0.347. The van der Waals surface area contributed by atoms with Gasteiger partial charge in [0.2, 0.25) is 0 Å². The fraction of sp³-hybridized carbons (Fsp3) is 0.353. The van der Waals surface area contributed by atoms with E-state index in [1.165, 1.54) is 14.7 Å². The molecule has 0 aliphatic heterocycles. The van der Waals surface area contributed by atoms with Gasteiger partial charge in [0.05, 0.1) is 6.33 Å². The molecule has 7 nitrogen and oxygen atoms in total. The standard InChI is InChI=1S/C17H21N5O2.ClH/c1-12(13-7-5-4-6-8-13)18-9-10-22-16(23)14-15(19-11-20(14)2)21(3)17(22)24;/h4-8,11-12,18H,9-10H2,1-3H3;1H. The van der Waals surface area contributed by atoms with E-state index in [1.54, 1.807) is 25.0 Å². The van der Waals surface area contributed by atoms with Crippen LogP contribution in [0.5, 0.6) is 0 Å². The molecule has 0 spiro atoms. The average Bonchev–Trinajstić information content (AvgIpc) is 2.98. The van der Waals surface area contributed by atoms with Crippen molar-refractivity contribution in [1.29, 1.82) is 0 Å². The Morgan fingerprint density at radius 2 is 1.84 bits per heavy atom. The van der Waals surface area contributed by atoms with Crippen LogP contribution in [-0.2, 0) is 20.6 Å². The molecule has 2 aromatic heterocycles. The summed E-state index contributed by atoms with van der Waals surface area (Å²) in [6.07, 6.45) is 1.55. The molecule has 1 unspecified atom stereocenters. The van der Waals surface area contributed by atoms with Crippen molar-refractivity contribution in [2.75, 3.05) is 6.54 Å². The van der Waals surface area contributed by atoms with E-state index < -0.39 is 0 Å². The van der Waals surface area contributed by atoms with Gasteiger partial charge in [0, 0.05) is 33.2 Å². The minimum absolute atomic E-state index is 0. The molecule has 0 radical (unpaired) electrons. The molecule has 1 aromatic carbocycles. The van der Waals surface area contributed by atoms with E-state index in [0.29, 0.717) is 24.3 Å². The zero-order valence-electron chi connectivity index (χ0n) is 14.5. The van der Waals surface area contributed by atoms with Crippen LogP contribution in [0.1, 0.15) is 18.5 Å². The molecule has 1 atom stereocenters. The highest BCUT2D eigenvalue weighted by Crippen LogP contribution is 2.10. The number of hydrogen-bond acceptors (Lipinski definition) is 4. The van der Waals surface area contributed by atoms with Crippen LogP contribution in [0.15, 0.2) is 46.2 Å². The molecule has 3 rings (SSSR count). The Morgan fingerprint density at radius 3 is 2.52 bits per heavy atom. The first-order valence-corrected chi connectivity index (χ1v) is 7.90. The topological polar surface area (TPSA) is 73.8 Å². The van der Waals surface area contributed by atoms with Crippen molar-refractivity contribution < 1.29 is 0 Å². The first-order chi connectivity index (χ1) is 11.5. The maximum atomic E-state index is 12.6. The van der Waals surface area contributed by atoms with Crippen LogP contribution in [0.4, 0.5) is 0 Å². The molecule has 0 bridgehead atoms. The lowest BCUT2D eigenvalue weighted by atomic mass is 10.1. The van der Waals surface area contributed by atoms with Gasteiger partial charge in [-0.25, -0.2) is 9.78 Å². The third-order valence-corrected chi connectivity index (χ3v) is 4.29. The third-order valence-electron chi connectivity index (χ3n) is 4.29. The van der Waals surface area contributed by atoms with E-state index in [4.69, 9.17) is 0 Å². The second-order valence-corrected chi connectivity index (χ2v) is 5.91. The van der Waals surface area contributed by atoms with Gasteiger partial charge in [-0.15, -0.1) is 12.4 Å². The average molecular weight is 364 g/mol. The third kappa shape index (κ3) is 3.52. The first kappa shape index (κ1) is 19.0. The quantitative estimate of drug-likeness (QED) is 0.739. The van der Waals surface area contributed by atoms with Gasteiger partial charge in [0.1, 0.15) is 0 Å². The van der Waals surface area contributed by atoms with Crippen LogP contribution < -0.4 is 16.6 Å². The van der Waals surface area contributed by atoms with Gasteiger partial charge in [0.25, 0.3) is 5.56 Å². The molecular formula is C17H22ClN5O2. The first-order valence-electron chi connectivity index (χ1n) is 7.90. The van der Waals surface area contributed by atoms with E-state index in [1.807, 2.05) is 30.3 Å². The summed E-state index contributed by atoms with van der Waals surface area (Å²) in [7, 11) is 3.38. The molecule has 3 aromatic rings. The summed E-state index contributed by atoms with van der Waals surface area (Å²) in [5.74, 6) is 0. The number of halogens is 1. The van der Waals surface area contributed by atoms with Gasteiger partial charge in [-0.2, -0.15) is 0 Å². The number of benzene rings is 1. The number of imidazole rings is 1. The fourth-order valence-electron chi connectivity index (χ4n) is 2.85. The minimum Gasteiger partial charge on any atom is -0.328 e. The highest BCUT2D eigenvalue weighted by atomic mass is 35.5. The Hall–Kier alpha value is -2.38. The number of fused-ring (bicyclic) bond motifs is 1. The van der Waals surface area contributed by atoms with E-state index in [2.05, 4.69) is 17.2 Å². The Labute approximate surface area is 151 Å². The summed E-state index contributed by atoms with van der Waals surface area (Å²) in [5, 5.41) is 3.35. The number of hydrogen-bond donors (Lipinski definition) is 1. The summed E-state index contributed by atoms with van der Waals surface area (Å²) in [4.78, 5) is 29.1. The SMILES string of the molecule is CC(NCCn1c(=O)c2c(ncn2C)n(C)c1=O)c1ccccc1.Cl. The van der Waals surface area contributed by atoms with Crippen LogP contribution in [-0.4, -0.2) is 25.2 Å². The summed E-state index contributed by atoms with van der Waals surface area (Å²) >= 11 is 0. The van der Waals surface area contributed by atoms with Crippen LogP contribution >= 0.6 is 12.4 Å². The van der Waals surface area contributed by atoms with Crippen molar-refractivity contribution in [3.05, 3.63) is 63.1 Å². The predicted octanol–water partition coefficient (Wildman–Crippen LogP) is 1.21. The molecule has 134 valence electrons. The zero-order valence-corrected chi connectivity index (χ0v) is 15.3. The van der Waals surface area contributed by atoms with Gasteiger partial charge < -0.3 is 9.88 Å². The fourth-order valence-corrected chi connectivity index (χ4v) is 2.85. The Kier molecular flexibility index (Phi) is 5.81. The zero-order chi connectivity index (χ0) is 17.3. The van der Waals surface area contributed by atoms with E-state index in [-0.39, 0.29) is 29.7 Å². The molecule has 8 heteroatoms. The van der Waals surface area contributed by atoms with Crippen molar-refractivity contribution in [1.82, 2.24) is 24.0 Å². The van der Waals surface area contributed by atoms with Crippen LogP contribution in [0.25, 0.3) is 11.2 Å². The molecule has 25 heavy (non-hydrogen) atoms. The second kappa shape index (κ2) is 7.67. The molecule has 0 amide bonds. The highest BCUT2D eigenvalue weighted by Gasteiger charge is 2.14. The van der Waals surface area contributed by atoms with Gasteiger partial charge >= 0.3 is 5.69 Å². The van der Waals surface area contributed by atoms with Gasteiger partial charge in [-0.1, -0.05) is 30.3 Å². The van der Waals surface area contributed by atoms with Crippen LogP contribution in [0.3, 0.4) is 0 Å². The highest BCUT2D eigenvalue weighted by molar-refractivity contribution is 5.85. The van der Waals surface area contributed by atoms with E-state index >= 15 is 0 Å². The predicted molar refractivity (Wildman–Crippen MR) is 100 cm³/mol. The Balaban J connectivity index is 0.00000225. The molecule has 0 saturated carbocycles. The van der Waals surface area contributed by atoms with E-state index in [9.17, 15) is 9.59 Å². The van der Waals surface area contributed by atoms with Crippen molar-refractivity contribution >= 4 is 23.6 Å². The number of nitrogens with one attached hydrogen (secondary N) is 1. The number of aromatic nitrogens is 4. The maximum Gasteiger partial charge on any atom is 0.332 e. The van der Waals surface area contributed by atoms with E-state index in [0.717, 1.165) is 0 Å². The van der Waals surface area contributed by atoms with Gasteiger partial charge in [0.15, 0.2) is 11.2 Å². The molecular weight excluding hydrogens is 342 g/mol. The number of aryl methyl sites for hydroxylation is 2. The molecule has 2 heterocycles. The van der Waals surface area contributed by atoms with Crippen LogP contribution in [0.2, 0.25) is 0 Å². The molecule has 0 fully saturated rings. The van der Waals surface area contributed by atoms with Crippen molar-refractivity contribution in [3.63, 3.8) is 0 Å². The van der Waals surface area contributed by atoms with Crippen molar-refractivity contribution in [2.45, 2.75) is 19.5 Å². The van der Waals surface area contributed by atoms with Gasteiger partial charge in [-0.3, -0.25) is 13.9 Å². The summed E-state index contributed by atoms with van der Waals surface area (Å²) in [5.41, 5.74) is 1.37. The Morgan fingerprint density at radius 1 is 1.16 bits per heavy atom. The normalized spacial score (nSPS) is 12.1. The van der Waals surface area contributed by atoms with Crippen LogP contribution in [0, 0.1) is 0 Å². The summed E-state index contributed by atoms with van der Waals surface area (Å²) in [6, 6.07) is 10.2. The molecule has 1 N–H and O–H groups in total. The summed E-state index contributed by atoms with van der Waals surface area (Å²) < 4.78 is 4.32. The smallest absolute Gasteiger partial charge is 0.328 e. The largest absolute Gasteiger partial charge is 0.332 e. The molecule has 0 aliphatic carbocycles. The van der Waals surface area contributed by atoms with Crippen molar-refractivity contribution in [2.24, 2.45) is 14.1 Å². The lowest BCUT2D eigenvalue weighted by molar-refractivity contribution is 0.507. The summed E-state index contributed by atoms with van der Waals surface area (Å²) in [6.45, 7) is 2.89.